The number of methoxy groups -OCH3 is 1. The zero-order chi connectivity index (χ0) is 20.4. The third kappa shape index (κ3) is 4.25. The fourth-order valence-corrected chi connectivity index (χ4v) is 4.53. The summed E-state index contributed by atoms with van der Waals surface area (Å²) in [5, 5.41) is 3.75. The maximum Gasteiger partial charge on any atom is 0.228 e. The number of benzene rings is 2. The lowest BCUT2D eigenvalue weighted by molar-refractivity contribution is -0.117. The first-order valence-electron chi connectivity index (χ1n) is 10.6. The molecule has 154 valence electrons. The first-order valence-corrected chi connectivity index (χ1v) is 10.6. The number of carbonyl (C=O) groups is 1. The van der Waals surface area contributed by atoms with E-state index < -0.39 is 0 Å². The molecule has 1 amide bonds. The number of rotatable bonds is 5. The van der Waals surface area contributed by atoms with Gasteiger partial charge in [0.25, 0.3) is 0 Å². The second-order valence-corrected chi connectivity index (χ2v) is 8.25. The van der Waals surface area contributed by atoms with Gasteiger partial charge >= 0.3 is 0 Å². The zero-order valence-electron chi connectivity index (χ0n) is 17.6. The summed E-state index contributed by atoms with van der Waals surface area (Å²) in [5.41, 5.74) is 5.05. The van der Waals surface area contributed by atoms with E-state index in [-0.39, 0.29) is 11.9 Å². The third-order valence-corrected chi connectivity index (χ3v) is 6.39. The van der Waals surface area contributed by atoms with Crippen molar-refractivity contribution in [3.05, 3.63) is 53.6 Å². The van der Waals surface area contributed by atoms with Crippen LogP contribution in [-0.2, 0) is 4.79 Å². The van der Waals surface area contributed by atoms with Crippen molar-refractivity contribution in [1.82, 2.24) is 5.32 Å². The summed E-state index contributed by atoms with van der Waals surface area (Å²) in [6.45, 7) is 7.25. The number of piperidine rings is 1. The molecule has 2 heterocycles. The van der Waals surface area contributed by atoms with Crippen molar-refractivity contribution < 1.29 is 9.53 Å². The van der Waals surface area contributed by atoms with Crippen LogP contribution in [0.3, 0.4) is 0 Å². The molecule has 2 fully saturated rings. The number of aryl methyl sites for hydroxylation is 1. The first kappa shape index (κ1) is 19.8. The molecule has 0 aromatic heterocycles. The third-order valence-electron chi connectivity index (χ3n) is 6.39. The fraction of sp³-hybridized carbons (Fsp3) is 0.458. The van der Waals surface area contributed by atoms with Crippen molar-refractivity contribution in [2.24, 2.45) is 0 Å². The Balaban J connectivity index is 1.32. The molecule has 1 atom stereocenters. The summed E-state index contributed by atoms with van der Waals surface area (Å²) in [7, 11) is 1.65. The maximum atomic E-state index is 12.5. The van der Waals surface area contributed by atoms with Gasteiger partial charge in [0, 0.05) is 49.5 Å². The summed E-state index contributed by atoms with van der Waals surface area (Å²) < 4.78 is 5.21. The van der Waals surface area contributed by atoms with Crippen molar-refractivity contribution in [3.8, 4) is 5.75 Å². The quantitative estimate of drug-likeness (QED) is 0.842. The molecule has 1 unspecified atom stereocenters. The number of nitrogens with one attached hydrogen (secondary N) is 1. The van der Waals surface area contributed by atoms with Gasteiger partial charge in [0.15, 0.2) is 0 Å². The highest BCUT2D eigenvalue weighted by Gasteiger charge is 2.32. The Kier molecular flexibility index (Phi) is 5.76. The molecule has 2 aromatic carbocycles. The Hall–Kier alpha value is -2.53. The average Bonchev–Trinajstić information content (AvgIpc) is 3.11. The summed E-state index contributed by atoms with van der Waals surface area (Å²) in [6.07, 6.45) is 2.80. The number of carbonyl (C=O) groups excluding carboxylic acids is 1. The van der Waals surface area contributed by atoms with Gasteiger partial charge < -0.3 is 19.9 Å². The van der Waals surface area contributed by atoms with Crippen LogP contribution in [0.15, 0.2) is 42.5 Å². The minimum absolute atomic E-state index is 0.195. The number of nitrogens with zero attached hydrogens (tertiary/aromatic N) is 2. The van der Waals surface area contributed by atoms with E-state index >= 15 is 0 Å². The molecule has 2 aliphatic heterocycles. The van der Waals surface area contributed by atoms with Gasteiger partial charge in [-0.1, -0.05) is 12.1 Å². The van der Waals surface area contributed by atoms with Crippen molar-refractivity contribution in [3.63, 3.8) is 0 Å². The van der Waals surface area contributed by atoms with E-state index in [1.54, 1.807) is 7.11 Å². The lowest BCUT2D eigenvalue weighted by Gasteiger charge is -2.36. The maximum absolute atomic E-state index is 12.5. The molecule has 2 saturated heterocycles. The SMILES string of the molecule is COc1ccc(N2CC(NC3CCN(c4cccc(C)c4C)CC3)CC2=O)cc1. The minimum atomic E-state index is 0.195. The Labute approximate surface area is 173 Å². The smallest absolute Gasteiger partial charge is 0.228 e. The summed E-state index contributed by atoms with van der Waals surface area (Å²) in [6, 6.07) is 15.0. The predicted molar refractivity (Wildman–Crippen MR) is 118 cm³/mol. The van der Waals surface area contributed by atoms with Crippen LogP contribution < -0.4 is 19.9 Å². The number of hydrogen-bond donors (Lipinski definition) is 1. The van der Waals surface area contributed by atoms with E-state index in [0.29, 0.717) is 12.5 Å². The number of amides is 1. The highest BCUT2D eigenvalue weighted by Crippen LogP contribution is 2.27. The normalized spacial score (nSPS) is 20.4. The van der Waals surface area contributed by atoms with Crippen molar-refractivity contribution in [2.75, 3.05) is 36.5 Å². The number of hydrogen-bond acceptors (Lipinski definition) is 4. The topological polar surface area (TPSA) is 44.8 Å². The van der Waals surface area contributed by atoms with Gasteiger partial charge in [-0.05, 0) is 68.1 Å². The number of anilines is 2. The molecular formula is C24H31N3O2. The van der Waals surface area contributed by atoms with Gasteiger partial charge in [0.2, 0.25) is 5.91 Å². The van der Waals surface area contributed by atoms with Gasteiger partial charge in [0.1, 0.15) is 5.75 Å². The molecule has 5 heteroatoms. The van der Waals surface area contributed by atoms with Crippen LogP contribution in [0.5, 0.6) is 5.75 Å². The predicted octanol–water partition coefficient (Wildman–Crippen LogP) is 3.68. The second-order valence-electron chi connectivity index (χ2n) is 8.25. The molecule has 29 heavy (non-hydrogen) atoms. The highest BCUT2D eigenvalue weighted by atomic mass is 16.5. The standard InChI is InChI=1S/C24H31N3O2/c1-17-5-4-6-23(18(17)2)26-13-11-19(12-14-26)25-20-15-24(28)27(16-20)21-7-9-22(29-3)10-8-21/h4-10,19-20,25H,11-16H2,1-3H3. The van der Waals surface area contributed by atoms with Crippen LogP contribution in [0.1, 0.15) is 30.4 Å². The van der Waals surface area contributed by atoms with Crippen LogP contribution in [0.2, 0.25) is 0 Å². The largest absolute Gasteiger partial charge is 0.497 e. The van der Waals surface area contributed by atoms with Crippen LogP contribution in [0.4, 0.5) is 11.4 Å². The Morgan fingerprint density at radius 2 is 1.72 bits per heavy atom. The Morgan fingerprint density at radius 1 is 1.00 bits per heavy atom. The molecule has 2 aromatic rings. The van der Waals surface area contributed by atoms with Gasteiger partial charge in [-0.15, -0.1) is 0 Å². The minimum Gasteiger partial charge on any atom is -0.497 e. The lowest BCUT2D eigenvalue weighted by Crippen LogP contribution is -2.47. The second kappa shape index (κ2) is 8.46. The van der Waals surface area contributed by atoms with Gasteiger partial charge in [0.05, 0.1) is 7.11 Å². The molecule has 2 aliphatic rings. The number of ether oxygens (including phenoxy) is 1. The molecular weight excluding hydrogens is 362 g/mol. The van der Waals surface area contributed by atoms with E-state index in [2.05, 4.69) is 42.3 Å². The Morgan fingerprint density at radius 3 is 2.41 bits per heavy atom. The van der Waals surface area contributed by atoms with Gasteiger partial charge in [-0.3, -0.25) is 4.79 Å². The molecule has 0 saturated carbocycles. The van der Waals surface area contributed by atoms with E-state index in [1.165, 1.54) is 16.8 Å². The monoisotopic (exact) mass is 393 g/mol. The van der Waals surface area contributed by atoms with Crippen LogP contribution in [-0.4, -0.2) is 44.7 Å². The van der Waals surface area contributed by atoms with E-state index in [4.69, 9.17) is 4.74 Å². The van der Waals surface area contributed by atoms with Crippen molar-refractivity contribution >= 4 is 17.3 Å². The van der Waals surface area contributed by atoms with Crippen LogP contribution in [0, 0.1) is 13.8 Å². The van der Waals surface area contributed by atoms with Crippen LogP contribution >= 0.6 is 0 Å². The summed E-state index contributed by atoms with van der Waals surface area (Å²) in [5.74, 6) is 1.01. The summed E-state index contributed by atoms with van der Waals surface area (Å²) in [4.78, 5) is 16.9. The molecule has 0 bridgehead atoms. The molecule has 5 nitrogen and oxygen atoms in total. The highest BCUT2D eigenvalue weighted by molar-refractivity contribution is 5.96. The Bertz CT molecular complexity index is 857. The molecule has 0 spiro atoms. The summed E-state index contributed by atoms with van der Waals surface area (Å²) >= 11 is 0. The fourth-order valence-electron chi connectivity index (χ4n) is 4.53. The van der Waals surface area contributed by atoms with E-state index in [1.807, 2.05) is 29.2 Å². The first-order chi connectivity index (χ1) is 14.0. The molecule has 0 aliphatic carbocycles. The molecule has 0 radical (unpaired) electrons. The van der Waals surface area contributed by atoms with Crippen molar-refractivity contribution in [2.45, 2.75) is 45.2 Å². The van der Waals surface area contributed by atoms with E-state index in [9.17, 15) is 4.79 Å². The van der Waals surface area contributed by atoms with Gasteiger partial charge in [-0.2, -0.15) is 0 Å². The van der Waals surface area contributed by atoms with E-state index in [0.717, 1.165) is 43.9 Å². The van der Waals surface area contributed by atoms with Crippen LogP contribution in [0.25, 0.3) is 0 Å². The lowest BCUT2D eigenvalue weighted by atomic mass is 10.0. The van der Waals surface area contributed by atoms with Crippen molar-refractivity contribution in [1.29, 1.82) is 0 Å². The van der Waals surface area contributed by atoms with Gasteiger partial charge in [-0.25, -0.2) is 0 Å². The molecule has 4 rings (SSSR count). The zero-order valence-corrected chi connectivity index (χ0v) is 17.6. The average molecular weight is 394 g/mol. The molecule has 1 N–H and O–H groups in total.